The molecular formula is C24H46Si. The van der Waals surface area contributed by atoms with Crippen molar-refractivity contribution in [1.82, 2.24) is 0 Å². The standard InChI is InChI=1S/C24H46Si/c1-5-9-10-11-12-13-14-15-16-17-18-19-20-21-22-23-24-25(6-2,7-3)8-4/h6-8H,2-5,9-24H2,1H3. The minimum atomic E-state index is -1.53. The Hall–Kier alpha value is -0.563. The van der Waals surface area contributed by atoms with Gasteiger partial charge in [-0.25, -0.2) is 0 Å². The van der Waals surface area contributed by atoms with Crippen LogP contribution >= 0.6 is 0 Å². The first-order chi connectivity index (χ1) is 12.2. The zero-order chi connectivity index (χ0) is 18.6. The van der Waals surface area contributed by atoms with Gasteiger partial charge in [0.25, 0.3) is 0 Å². The van der Waals surface area contributed by atoms with Gasteiger partial charge in [-0.15, -0.1) is 19.7 Å². The Kier molecular flexibility index (Phi) is 17.8. The van der Waals surface area contributed by atoms with Crippen molar-refractivity contribution < 1.29 is 0 Å². The zero-order valence-electron chi connectivity index (χ0n) is 17.4. The van der Waals surface area contributed by atoms with Crippen LogP contribution in [0, 0.1) is 0 Å². The van der Waals surface area contributed by atoms with Crippen LogP contribution in [0.2, 0.25) is 6.04 Å². The van der Waals surface area contributed by atoms with Crippen LogP contribution in [0.1, 0.15) is 110 Å². The normalized spacial score (nSPS) is 11.4. The SMILES string of the molecule is C=C[Si](C=C)(C=C)CCCCCCCCCCCCCCCCCC. The second kappa shape index (κ2) is 18.2. The van der Waals surface area contributed by atoms with Crippen LogP contribution in [0.5, 0.6) is 0 Å². The highest BCUT2D eigenvalue weighted by Gasteiger charge is 2.20. The molecule has 0 bridgehead atoms. The van der Waals surface area contributed by atoms with Crippen LogP contribution in [0.3, 0.4) is 0 Å². The number of hydrogen-bond donors (Lipinski definition) is 0. The van der Waals surface area contributed by atoms with E-state index >= 15 is 0 Å². The number of hydrogen-bond acceptors (Lipinski definition) is 0. The summed E-state index contributed by atoms with van der Waals surface area (Å²) in [6.45, 7) is 14.3. The molecule has 0 aliphatic carbocycles. The molecule has 0 saturated carbocycles. The van der Waals surface area contributed by atoms with Crippen molar-refractivity contribution in [2.75, 3.05) is 0 Å². The maximum Gasteiger partial charge on any atom is 0.124 e. The molecule has 25 heavy (non-hydrogen) atoms. The summed E-state index contributed by atoms with van der Waals surface area (Å²) in [5.74, 6) is 0. The average Bonchev–Trinajstić information content (AvgIpc) is 2.65. The summed E-state index contributed by atoms with van der Waals surface area (Å²) in [6.07, 6.45) is 22.9. The molecule has 0 atom stereocenters. The Morgan fingerprint density at radius 2 is 0.760 bits per heavy atom. The van der Waals surface area contributed by atoms with Gasteiger partial charge in [0.1, 0.15) is 8.07 Å². The van der Waals surface area contributed by atoms with Crippen LogP contribution in [0.15, 0.2) is 36.8 Å². The summed E-state index contributed by atoms with van der Waals surface area (Å²) in [7, 11) is -1.53. The van der Waals surface area contributed by atoms with Gasteiger partial charge < -0.3 is 0 Å². The van der Waals surface area contributed by atoms with Gasteiger partial charge in [-0.05, 0) is 6.04 Å². The summed E-state index contributed by atoms with van der Waals surface area (Å²) in [5.41, 5.74) is 6.37. The fourth-order valence-electron chi connectivity index (χ4n) is 3.54. The minimum Gasteiger partial charge on any atom is -0.106 e. The smallest absolute Gasteiger partial charge is 0.106 e. The Bertz CT molecular complexity index is 296. The predicted octanol–water partition coefficient (Wildman–Crippen LogP) is 8.87. The first-order valence-corrected chi connectivity index (χ1v) is 13.6. The fraction of sp³-hybridized carbons (Fsp3) is 0.750. The highest BCUT2D eigenvalue weighted by atomic mass is 28.3. The first kappa shape index (κ1) is 24.4. The largest absolute Gasteiger partial charge is 0.124 e. The molecule has 0 unspecified atom stereocenters. The molecule has 1 heteroatoms. The van der Waals surface area contributed by atoms with Gasteiger partial charge in [-0.2, -0.15) is 0 Å². The van der Waals surface area contributed by atoms with Gasteiger partial charge in [-0.3, -0.25) is 0 Å². The predicted molar refractivity (Wildman–Crippen MR) is 121 cm³/mol. The third-order valence-corrected chi connectivity index (χ3v) is 9.10. The van der Waals surface area contributed by atoms with E-state index in [1.54, 1.807) is 0 Å². The number of unbranched alkanes of at least 4 members (excludes halogenated alkanes) is 15. The van der Waals surface area contributed by atoms with Gasteiger partial charge in [0.2, 0.25) is 0 Å². The molecule has 0 fully saturated rings. The molecule has 0 heterocycles. The Balaban J connectivity index is 3.25. The van der Waals surface area contributed by atoms with E-state index < -0.39 is 8.07 Å². The molecule has 0 radical (unpaired) electrons. The molecule has 0 nitrogen and oxygen atoms in total. The quantitative estimate of drug-likeness (QED) is 0.150. The van der Waals surface area contributed by atoms with Crippen molar-refractivity contribution in [1.29, 1.82) is 0 Å². The third kappa shape index (κ3) is 14.3. The van der Waals surface area contributed by atoms with Crippen molar-refractivity contribution in [3.8, 4) is 0 Å². The second-order valence-corrected chi connectivity index (χ2v) is 11.7. The van der Waals surface area contributed by atoms with E-state index in [1.165, 1.54) is 109 Å². The lowest BCUT2D eigenvalue weighted by molar-refractivity contribution is 0.531. The molecule has 0 N–H and O–H groups in total. The van der Waals surface area contributed by atoms with E-state index in [9.17, 15) is 0 Å². The van der Waals surface area contributed by atoms with Gasteiger partial charge in [0, 0.05) is 0 Å². The van der Waals surface area contributed by atoms with E-state index in [4.69, 9.17) is 0 Å². The molecule has 0 saturated heterocycles. The van der Waals surface area contributed by atoms with Gasteiger partial charge in [-0.1, -0.05) is 127 Å². The first-order valence-electron chi connectivity index (χ1n) is 11.2. The minimum absolute atomic E-state index is 1.25. The lowest BCUT2D eigenvalue weighted by Gasteiger charge is -2.19. The summed E-state index contributed by atoms with van der Waals surface area (Å²) >= 11 is 0. The van der Waals surface area contributed by atoms with E-state index in [2.05, 4.69) is 43.8 Å². The highest BCUT2D eigenvalue weighted by Crippen LogP contribution is 2.19. The van der Waals surface area contributed by atoms with Crippen molar-refractivity contribution in [3.05, 3.63) is 36.8 Å². The van der Waals surface area contributed by atoms with E-state index in [1.807, 2.05) is 0 Å². The number of rotatable bonds is 20. The van der Waals surface area contributed by atoms with E-state index in [0.717, 1.165) is 0 Å². The van der Waals surface area contributed by atoms with Gasteiger partial charge in [0.15, 0.2) is 0 Å². The second-order valence-electron chi connectivity index (χ2n) is 7.78. The van der Waals surface area contributed by atoms with E-state index in [-0.39, 0.29) is 0 Å². The monoisotopic (exact) mass is 362 g/mol. The van der Waals surface area contributed by atoms with Gasteiger partial charge >= 0.3 is 0 Å². The van der Waals surface area contributed by atoms with Crippen LogP contribution in [-0.2, 0) is 0 Å². The van der Waals surface area contributed by atoms with Crippen LogP contribution in [-0.4, -0.2) is 8.07 Å². The maximum atomic E-state index is 3.99. The Morgan fingerprint density at radius 3 is 1.04 bits per heavy atom. The molecule has 0 aliphatic heterocycles. The molecule has 0 rings (SSSR count). The van der Waals surface area contributed by atoms with Crippen molar-refractivity contribution >= 4 is 8.07 Å². The van der Waals surface area contributed by atoms with Crippen LogP contribution in [0.4, 0.5) is 0 Å². The topological polar surface area (TPSA) is 0 Å². The Labute approximate surface area is 160 Å². The van der Waals surface area contributed by atoms with Crippen molar-refractivity contribution in [2.45, 2.75) is 116 Å². The summed E-state index contributed by atoms with van der Waals surface area (Å²) in [4.78, 5) is 0. The maximum absolute atomic E-state index is 3.99. The third-order valence-electron chi connectivity index (χ3n) is 5.60. The summed E-state index contributed by atoms with van der Waals surface area (Å²) < 4.78 is 0. The lowest BCUT2D eigenvalue weighted by atomic mass is 10.0. The van der Waals surface area contributed by atoms with Gasteiger partial charge in [0.05, 0.1) is 0 Å². The average molecular weight is 363 g/mol. The molecule has 0 amide bonds. The van der Waals surface area contributed by atoms with E-state index in [0.29, 0.717) is 0 Å². The van der Waals surface area contributed by atoms with Crippen molar-refractivity contribution in [2.24, 2.45) is 0 Å². The summed E-state index contributed by atoms with van der Waals surface area (Å²) in [5, 5.41) is 0. The Morgan fingerprint density at radius 1 is 0.480 bits per heavy atom. The molecule has 0 aromatic carbocycles. The highest BCUT2D eigenvalue weighted by molar-refractivity contribution is 6.93. The molecule has 0 aromatic rings. The fourth-order valence-corrected chi connectivity index (χ4v) is 5.51. The zero-order valence-corrected chi connectivity index (χ0v) is 18.4. The molecule has 0 aromatic heterocycles. The molecular weight excluding hydrogens is 316 g/mol. The molecule has 0 spiro atoms. The van der Waals surface area contributed by atoms with Crippen LogP contribution < -0.4 is 0 Å². The summed E-state index contributed by atoms with van der Waals surface area (Å²) in [6, 6.07) is 1.25. The van der Waals surface area contributed by atoms with Crippen molar-refractivity contribution in [3.63, 3.8) is 0 Å². The molecule has 146 valence electrons. The lowest BCUT2D eigenvalue weighted by Crippen LogP contribution is -2.26. The van der Waals surface area contributed by atoms with Crippen LogP contribution in [0.25, 0.3) is 0 Å². The molecule has 0 aliphatic rings.